The molecule has 2 rings (SSSR count). The fourth-order valence-corrected chi connectivity index (χ4v) is 2.46. The van der Waals surface area contributed by atoms with E-state index in [0.717, 1.165) is 6.42 Å². The van der Waals surface area contributed by atoms with Gasteiger partial charge in [-0.1, -0.05) is 12.2 Å². The van der Waals surface area contributed by atoms with Crippen LogP contribution >= 0.6 is 0 Å². The van der Waals surface area contributed by atoms with E-state index in [-0.39, 0.29) is 17.9 Å². The Kier molecular flexibility index (Phi) is 1.83. The molecule has 4 atom stereocenters. The fourth-order valence-electron chi connectivity index (χ4n) is 2.46. The number of carboxylic acid groups (broad SMARTS) is 1. The minimum absolute atomic E-state index is 0.111. The van der Waals surface area contributed by atoms with Gasteiger partial charge < -0.3 is 10.4 Å². The van der Waals surface area contributed by atoms with Crippen molar-refractivity contribution in [2.75, 3.05) is 0 Å². The number of hydrogen-bond acceptors (Lipinski definition) is 2. The minimum Gasteiger partial charge on any atom is -0.481 e. The van der Waals surface area contributed by atoms with Crippen LogP contribution in [0.3, 0.4) is 0 Å². The number of carbonyl (C=O) groups is 2. The Balaban J connectivity index is 2.20. The van der Waals surface area contributed by atoms with Crippen LogP contribution in [0.2, 0.25) is 0 Å². The molecule has 2 N–H and O–H groups in total. The highest BCUT2D eigenvalue weighted by molar-refractivity contribution is 5.73. The Labute approximate surface area is 75.6 Å². The molecular weight excluding hydrogens is 170 g/mol. The maximum Gasteiger partial charge on any atom is 0.309 e. The minimum atomic E-state index is -0.809. The standard InChI is InChI=1S/C9H11NO3/c11-4-10-8-6-2-1-5(3-6)7(8)9(12)13/h1-2,4-8H,3H2,(H,10,11)(H,12,13). The van der Waals surface area contributed by atoms with Crippen molar-refractivity contribution in [2.24, 2.45) is 17.8 Å². The van der Waals surface area contributed by atoms with Gasteiger partial charge in [-0.15, -0.1) is 0 Å². The summed E-state index contributed by atoms with van der Waals surface area (Å²) in [5.74, 6) is -0.910. The summed E-state index contributed by atoms with van der Waals surface area (Å²) in [5, 5.41) is 11.5. The second-order valence-electron chi connectivity index (χ2n) is 3.62. The van der Waals surface area contributed by atoms with Gasteiger partial charge in [-0.3, -0.25) is 9.59 Å². The highest BCUT2D eigenvalue weighted by Gasteiger charge is 2.48. The average molecular weight is 181 g/mol. The van der Waals surface area contributed by atoms with Gasteiger partial charge in [-0.25, -0.2) is 0 Å². The summed E-state index contributed by atoms with van der Waals surface area (Å²) >= 11 is 0. The lowest BCUT2D eigenvalue weighted by molar-refractivity contribution is -0.143. The van der Waals surface area contributed by atoms with Gasteiger partial charge in [0.05, 0.1) is 5.92 Å². The lowest BCUT2D eigenvalue weighted by Gasteiger charge is -2.23. The van der Waals surface area contributed by atoms with E-state index in [4.69, 9.17) is 5.11 Å². The molecule has 70 valence electrons. The smallest absolute Gasteiger partial charge is 0.309 e. The third kappa shape index (κ3) is 1.13. The molecular formula is C9H11NO3. The van der Waals surface area contributed by atoms with Crippen LogP contribution in [0.25, 0.3) is 0 Å². The number of aliphatic carboxylic acids is 1. The molecule has 0 saturated heterocycles. The molecule has 1 saturated carbocycles. The maximum atomic E-state index is 10.9. The van der Waals surface area contributed by atoms with E-state index >= 15 is 0 Å². The molecule has 0 aliphatic heterocycles. The SMILES string of the molecule is O=CNC1C2C=CC(C2)C1C(=O)O. The van der Waals surface area contributed by atoms with E-state index in [1.165, 1.54) is 0 Å². The molecule has 2 aliphatic carbocycles. The summed E-state index contributed by atoms with van der Waals surface area (Å²) in [5.41, 5.74) is 0. The molecule has 4 heteroatoms. The molecule has 2 bridgehead atoms. The Morgan fingerprint density at radius 2 is 2.15 bits per heavy atom. The first kappa shape index (κ1) is 8.29. The van der Waals surface area contributed by atoms with Gasteiger partial charge in [-0.05, 0) is 18.3 Å². The molecule has 0 radical (unpaired) electrons. The molecule has 4 nitrogen and oxygen atoms in total. The summed E-state index contributed by atoms with van der Waals surface area (Å²) in [4.78, 5) is 21.2. The first-order chi connectivity index (χ1) is 6.24. The van der Waals surface area contributed by atoms with Crippen LogP contribution in [0.5, 0.6) is 0 Å². The van der Waals surface area contributed by atoms with Gasteiger partial charge in [0.15, 0.2) is 0 Å². The van der Waals surface area contributed by atoms with Crippen LogP contribution in [0.4, 0.5) is 0 Å². The van der Waals surface area contributed by atoms with Crippen LogP contribution < -0.4 is 5.32 Å². The number of rotatable bonds is 3. The maximum absolute atomic E-state index is 10.9. The summed E-state index contributed by atoms with van der Waals surface area (Å²) in [6, 6.07) is -0.204. The van der Waals surface area contributed by atoms with E-state index in [1.807, 2.05) is 12.2 Å². The average Bonchev–Trinajstić information content (AvgIpc) is 2.63. The number of hydrogen-bond donors (Lipinski definition) is 2. The molecule has 4 unspecified atom stereocenters. The Morgan fingerprint density at radius 3 is 2.77 bits per heavy atom. The summed E-state index contributed by atoms with van der Waals surface area (Å²) in [7, 11) is 0. The fraction of sp³-hybridized carbons (Fsp3) is 0.556. The van der Waals surface area contributed by atoms with Crippen molar-refractivity contribution >= 4 is 12.4 Å². The zero-order chi connectivity index (χ0) is 9.42. The quantitative estimate of drug-likeness (QED) is 0.476. The summed E-state index contributed by atoms with van der Waals surface area (Å²) in [6.07, 6.45) is 5.41. The van der Waals surface area contributed by atoms with Crippen molar-refractivity contribution in [3.63, 3.8) is 0 Å². The molecule has 13 heavy (non-hydrogen) atoms. The number of carboxylic acids is 1. The van der Waals surface area contributed by atoms with E-state index in [1.54, 1.807) is 0 Å². The predicted molar refractivity (Wildman–Crippen MR) is 44.9 cm³/mol. The Bertz CT molecular complexity index is 274. The number of allylic oxidation sites excluding steroid dienone is 1. The highest BCUT2D eigenvalue weighted by atomic mass is 16.4. The van der Waals surface area contributed by atoms with Crippen molar-refractivity contribution in [1.82, 2.24) is 5.32 Å². The van der Waals surface area contributed by atoms with Crippen molar-refractivity contribution in [2.45, 2.75) is 12.5 Å². The lowest BCUT2D eigenvalue weighted by Crippen LogP contribution is -2.42. The third-order valence-corrected chi connectivity index (χ3v) is 3.00. The molecule has 0 aromatic rings. The highest BCUT2D eigenvalue weighted by Crippen LogP contribution is 2.43. The zero-order valence-corrected chi connectivity index (χ0v) is 7.01. The van der Waals surface area contributed by atoms with Gasteiger partial charge in [-0.2, -0.15) is 0 Å². The van der Waals surface area contributed by atoms with Gasteiger partial charge in [0, 0.05) is 6.04 Å². The van der Waals surface area contributed by atoms with Gasteiger partial charge in [0.25, 0.3) is 0 Å². The zero-order valence-electron chi connectivity index (χ0n) is 7.01. The first-order valence-electron chi connectivity index (χ1n) is 4.35. The van der Waals surface area contributed by atoms with Crippen LogP contribution in [-0.2, 0) is 9.59 Å². The van der Waals surface area contributed by atoms with E-state index in [0.29, 0.717) is 6.41 Å². The van der Waals surface area contributed by atoms with Crippen LogP contribution in [-0.4, -0.2) is 23.5 Å². The molecule has 1 amide bonds. The van der Waals surface area contributed by atoms with Crippen molar-refractivity contribution < 1.29 is 14.7 Å². The molecule has 1 fully saturated rings. The van der Waals surface area contributed by atoms with Crippen molar-refractivity contribution in [3.8, 4) is 0 Å². The second-order valence-corrected chi connectivity index (χ2v) is 3.62. The molecule has 0 aromatic heterocycles. The topological polar surface area (TPSA) is 66.4 Å². The number of carbonyl (C=O) groups excluding carboxylic acids is 1. The Morgan fingerprint density at radius 1 is 1.46 bits per heavy atom. The number of nitrogens with one attached hydrogen (secondary N) is 1. The molecule has 0 spiro atoms. The van der Waals surface area contributed by atoms with E-state index in [2.05, 4.69) is 5.32 Å². The Hall–Kier alpha value is -1.32. The molecule has 2 aliphatic rings. The third-order valence-electron chi connectivity index (χ3n) is 3.00. The summed E-state index contributed by atoms with van der Waals surface area (Å²) in [6.45, 7) is 0. The monoisotopic (exact) mass is 181 g/mol. The van der Waals surface area contributed by atoms with Crippen LogP contribution in [0.1, 0.15) is 6.42 Å². The normalized spacial score (nSPS) is 40.6. The van der Waals surface area contributed by atoms with Crippen molar-refractivity contribution in [1.29, 1.82) is 0 Å². The van der Waals surface area contributed by atoms with Crippen LogP contribution in [0.15, 0.2) is 12.2 Å². The number of amides is 1. The molecule has 0 aromatic carbocycles. The molecule has 0 heterocycles. The van der Waals surface area contributed by atoms with Crippen LogP contribution in [0, 0.1) is 17.8 Å². The van der Waals surface area contributed by atoms with E-state index < -0.39 is 11.9 Å². The predicted octanol–water partition coefficient (Wildman–Crippen LogP) is 0.00770. The van der Waals surface area contributed by atoms with Gasteiger partial charge in [0.1, 0.15) is 0 Å². The largest absolute Gasteiger partial charge is 0.481 e. The van der Waals surface area contributed by atoms with Gasteiger partial charge in [0.2, 0.25) is 6.41 Å². The van der Waals surface area contributed by atoms with Gasteiger partial charge >= 0.3 is 5.97 Å². The second kappa shape index (κ2) is 2.87. The summed E-state index contributed by atoms with van der Waals surface area (Å²) < 4.78 is 0. The number of fused-ring (bicyclic) bond motifs is 2. The first-order valence-corrected chi connectivity index (χ1v) is 4.35. The van der Waals surface area contributed by atoms with E-state index in [9.17, 15) is 9.59 Å². The van der Waals surface area contributed by atoms with Crippen molar-refractivity contribution in [3.05, 3.63) is 12.2 Å². The lowest BCUT2D eigenvalue weighted by atomic mass is 9.89.